The van der Waals surface area contributed by atoms with Gasteiger partial charge in [0.05, 0.1) is 10.6 Å². The highest BCUT2D eigenvalue weighted by Gasteiger charge is 2.20. The predicted molar refractivity (Wildman–Crippen MR) is 79.9 cm³/mol. The zero-order valence-corrected chi connectivity index (χ0v) is 12.4. The number of carbonyl (C=O) groups is 1. The van der Waals surface area contributed by atoms with Crippen molar-refractivity contribution in [3.63, 3.8) is 0 Å². The highest BCUT2D eigenvalue weighted by molar-refractivity contribution is 6.40. The number of hydrogen-bond donors (Lipinski definition) is 1. The number of carbonyl (C=O) groups excluding carboxylic acids is 1. The molecule has 5 heteroatoms. The van der Waals surface area contributed by atoms with Crippen LogP contribution in [0.1, 0.15) is 27.4 Å². The molecular weight excluding hydrogens is 297 g/mol. The van der Waals surface area contributed by atoms with Crippen molar-refractivity contribution in [3.8, 4) is 0 Å². The molecule has 2 heterocycles. The van der Waals surface area contributed by atoms with Crippen LogP contribution in [0.3, 0.4) is 0 Å². The summed E-state index contributed by atoms with van der Waals surface area (Å²) in [7, 11) is 0. The smallest absolute Gasteiger partial charge is 0.198 e. The molecule has 20 heavy (non-hydrogen) atoms. The number of H-pyrrole nitrogens is 1. The van der Waals surface area contributed by atoms with E-state index < -0.39 is 0 Å². The van der Waals surface area contributed by atoms with Gasteiger partial charge in [0.25, 0.3) is 0 Å². The van der Waals surface area contributed by atoms with E-state index in [0.717, 1.165) is 5.52 Å². The first-order valence-corrected chi connectivity index (χ1v) is 6.81. The molecule has 0 aliphatic heterocycles. The molecule has 102 valence electrons. The van der Waals surface area contributed by atoms with Crippen molar-refractivity contribution in [1.82, 2.24) is 4.98 Å². The zero-order valence-electron chi connectivity index (χ0n) is 10.9. The minimum atomic E-state index is -0.116. The maximum absolute atomic E-state index is 12.6. The quantitative estimate of drug-likeness (QED) is 0.683. The minimum absolute atomic E-state index is 0.116. The van der Waals surface area contributed by atoms with Gasteiger partial charge >= 0.3 is 0 Å². The molecule has 1 aromatic carbocycles. The SMILES string of the molecule is Cc1cc(C(=O)c2c[nH]c3cc(Cl)cc(Cl)c23)c(C)o1. The lowest BCUT2D eigenvalue weighted by Gasteiger charge is -2.00. The maximum Gasteiger partial charge on any atom is 0.198 e. The Bertz CT molecular complexity index is 830. The lowest BCUT2D eigenvalue weighted by Crippen LogP contribution is -2.00. The number of halogens is 2. The number of rotatable bonds is 2. The standard InChI is InChI=1S/C15H11Cl2NO2/c1-7-3-10(8(2)20-7)15(19)11-6-18-13-5-9(16)4-12(17)14(11)13/h3-6,18H,1-2H3. The molecule has 3 rings (SSSR count). The van der Waals surface area contributed by atoms with Gasteiger partial charge in [-0.25, -0.2) is 0 Å². The summed E-state index contributed by atoms with van der Waals surface area (Å²) in [5.74, 6) is 1.20. The van der Waals surface area contributed by atoms with Gasteiger partial charge in [-0.2, -0.15) is 0 Å². The first-order chi connectivity index (χ1) is 9.47. The summed E-state index contributed by atoms with van der Waals surface area (Å²) in [5.41, 5.74) is 1.81. The summed E-state index contributed by atoms with van der Waals surface area (Å²) in [6.07, 6.45) is 1.65. The summed E-state index contributed by atoms with van der Waals surface area (Å²) >= 11 is 12.2. The third-order valence-electron chi connectivity index (χ3n) is 3.23. The van der Waals surface area contributed by atoms with Gasteiger partial charge in [0, 0.05) is 27.7 Å². The molecule has 1 N–H and O–H groups in total. The molecule has 0 saturated carbocycles. The number of benzene rings is 1. The van der Waals surface area contributed by atoms with Crippen LogP contribution in [-0.2, 0) is 0 Å². The summed E-state index contributed by atoms with van der Waals surface area (Å²) in [6.45, 7) is 3.58. The van der Waals surface area contributed by atoms with Crippen LogP contribution < -0.4 is 0 Å². The van der Waals surface area contributed by atoms with Gasteiger partial charge in [0.1, 0.15) is 11.5 Å². The van der Waals surface area contributed by atoms with E-state index in [4.69, 9.17) is 27.6 Å². The molecular formula is C15H11Cl2NO2. The van der Waals surface area contributed by atoms with Crippen LogP contribution in [-0.4, -0.2) is 10.8 Å². The number of aromatic nitrogens is 1. The molecule has 0 fully saturated rings. The molecule has 0 saturated heterocycles. The highest BCUT2D eigenvalue weighted by atomic mass is 35.5. The summed E-state index contributed by atoms with van der Waals surface area (Å²) in [4.78, 5) is 15.6. The number of ketones is 1. The summed E-state index contributed by atoms with van der Waals surface area (Å²) in [6, 6.07) is 5.11. The van der Waals surface area contributed by atoms with E-state index in [1.165, 1.54) is 0 Å². The average Bonchev–Trinajstić information content (AvgIpc) is 2.92. The minimum Gasteiger partial charge on any atom is -0.466 e. The van der Waals surface area contributed by atoms with Gasteiger partial charge < -0.3 is 9.40 Å². The Morgan fingerprint density at radius 1 is 1.15 bits per heavy atom. The molecule has 0 amide bonds. The number of nitrogens with one attached hydrogen (secondary N) is 1. The number of hydrogen-bond acceptors (Lipinski definition) is 2. The Kier molecular flexibility index (Phi) is 3.11. The third-order valence-corrected chi connectivity index (χ3v) is 3.74. The van der Waals surface area contributed by atoms with Gasteiger partial charge in [-0.05, 0) is 32.0 Å². The van der Waals surface area contributed by atoms with E-state index in [0.29, 0.717) is 38.1 Å². The molecule has 0 atom stereocenters. The molecule has 3 aromatic rings. The Balaban J connectivity index is 2.20. The van der Waals surface area contributed by atoms with Crippen LogP contribution in [0.4, 0.5) is 0 Å². The van der Waals surface area contributed by atoms with Gasteiger partial charge in [-0.1, -0.05) is 23.2 Å². The first-order valence-electron chi connectivity index (χ1n) is 6.05. The molecule has 3 nitrogen and oxygen atoms in total. The van der Waals surface area contributed by atoms with Gasteiger partial charge in [0.15, 0.2) is 5.78 Å². The fourth-order valence-corrected chi connectivity index (χ4v) is 2.96. The predicted octanol–water partition coefficient (Wildman–Crippen LogP) is 4.92. The van der Waals surface area contributed by atoms with Crippen LogP contribution in [0.5, 0.6) is 0 Å². The third kappa shape index (κ3) is 2.03. The molecule has 0 radical (unpaired) electrons. The highest BCUT2D eigenvalue weighted by Crippen LogP contribution is 2.32. The van der Waals surface area contributed by atoms with E-state index in [-0.39, 0.29) is 5.78 Å². The number of aryl methyl sites for hydroxylation is 2. The van der Waals surface area contributed by atoms with E-state index in [1.54, 1.807) is 31.3 Å². The number of fused-ring (bicyclic) bond motifs is 1. The van der Waals surface area contributed by atoms with Crippen LogP contribution >= 0.6 is 23.2 Å². The topological polar surface area (TPSA) is 46.0 Å². The van der Waals surface area contributed by atoms with Gasteiger partial charge in [0.2, 0.25) is 0 Å². The largest absolute Gasteiger partial charge is 0.466 e. The van der Waals surface area contributed by atoms with E-state index in [2.05, 4.69) is 4.98 Å². The fraction of sp³-hybridized carbons (Fsp3) is 0.133. The van der Waals surface area contributed by atoms with E-state index >= 15 is 0 Å². The molecule has 0 spiro atoms. The van der Waals surface area contributed by atoms with Crippen LogP contribution in [0.15, 0.2) is 28.8 Å². The summed E-state index contributed by atoms with van der Waals surface area (Å²) in [5, 5.41) is 1.66. The van der Waals surface area contributed by atoms with Crippen molar-refractivity contribution < 1.29 is 9.21 Å². The second-order valence-electron chi connectivity index (χ2n) is 4.67. The van der Waals surface area contributed by atoms with Crippen LogP contribution in [0.25, 0.3) is 10.9 Å². The Morgan fingerprint density at radius 3 is 2.55 bits per heavy atom. The van der Waals surface area contributed by atoms with Crippen LogP contribution in [0, 0.1) is 13.8 Å². The van der Waals surface area contributed by atoms with Crippen molar-refractivity contribution in [2.24, 2.45) is 0 Å². The summed E-state index contributed by atoms with van der Waals surface area (Å²) < 4.78 is 5.41. The van der Waals surface area contributed by atoms with Crippen molar-refractivity contribution in [2.75, 3.05) is 0 Å². The Labute approximate surface area is 125 Å². The second kappa shape index (κ2) is 4.69. The first kappa shape index (κ1) is 13.3. The van der Waals surface area contributed by atoms with Gasteiger partial charge in [-0.15, -0.1) is 0 Å². The zero-order chi connectivity index (χ0) is 14.4. The average molecular weight is 308 g/mol. The normalized spacial score (nSPS) is 11.2. The lowest BCUT2D eigenvalue weighted by atomic mass is 10.0. The van der Waals surface area contributed by atoms with Crippen molar-refractivity contribution in [2.45, 2.75) is 13.8 Å². The van der Waals surface area contributed by atoms with Gasteiger partial charge in [-0.3, -0.25) is 4.79 Å². The molecule has 0 unspecified atom stereocenters. The molecule has 0 aliphatic rings. The van der Waals surface area contributed by atoms with E-state index in [1.807, 2.05) is 6.92 Å². The van der Waals surface area contributed by atoms with Crippen molar-refractivity contribution in [3.05, 3.63) is 57.1 Å². The van der Waals surface area contributed by atoms with Crippen LogP contribution in [0.2, 0.25) is 10.0 Å². The monoisotopic (exact) mass is 307 g/mol. The van der Waals surface area contributed by atoms with Crippen molar-refractivity contribution >= 4 is 39.9 Å². The Morgan fingerprint density at radius 2 is 1.90 bits per heavy atom. The molecule has 0 bridgehead atoms. The number of aromatic amines is 1. The fourth-order valence-electron chi connectivity index (χ4n) is 2.36. The molecule has 2 aromatic heterocycles. The van der Waals surface area contributed by atoms with Crippen molar-refractivity contribution in [1.29, 1.82) is 0 Å². The Hall–Kier alpha value is -1.71. The molecule has 0 aliphatic carbocycles. The van der Waals surface area contributed by atoms with E-state index in [9.17, 15) is 4.79 Å². The maximum atomic E-state index is 12.6. The second-order valence-corrected chi connectivity index (χ2v) is 5.51. The number of furan rings is 1. The lowest BCUT2D eigenvalue weighted by molar-refractivity contribution is 0.103.